The van der Waals surface area contributed by atoms with Crippen molar-refractivity contribution in [2.24, 2.45) is 0 Å². The molecule has 0 amide bonds. The lowest BCUT2D eigenvalue weighted by Crippen LogP contribution is -2.49. The molecule has 1 aromatic heterocycles. The minimum Gasteiger partial charge on any atom is -0.500 e. The number of nitrogens with one attached hydrogen (secondary N) is 1. The summed E-state index contributed by atoms with van der Waals surface area (Å²) < 4.78 is 6.16. The second kappa shape index (κ2) is 4.97. The van der Waals surface area contributed by atoms with Crippen molar-refractivity contribution in [2.75, 3.05) is 0 Å². The van der Waals surface area contributed by atoms with Gasteiger partial charge in [-0.15, -0.1) is 0 Å². The zero-order chi connectivity index (χ0) is 15.9. The van der Waals surface area contributed by atoms with Crippen LogP contribution in [0.25, 0.3) is 0 Å². The van der Waals surface area contributed by atoms with Gasteiger partial charge in [-0.2, -0.15) is 0 Å². The van der Waals surface area contributed by atoms with Crippen LogP contribution in [0.15, 0.2) is 21.5 Å². The Bertz CT molecular complexity index is 730. The number of H-pyrrole nitrogens is 1. The van der Waals surface area contributed by atoms with Crippen LogP contribution in [0.5, 0.6) is 0 Å². The first-order valence-corrected chi connectivity index (χ1v) is 6.03. The number of hydrogen-bond acceptors (Lipinski definition) is 7. The van der Waals surface area contributed by atoms with Crippen LogP contribution < -0.4 is 11.2 Å². The maximum absolute atomic E-state index is 11.9. The number of aromatic amines is 1. The number of rotatable bonds is 2. The Kier molecular flexibility index (Phi) is 3.60. The third-order valence-electron chi connectivity index (χ3n) is 3.52. The predicted molar refractivity (Wildman–Crippen MR) is 68.4 cm³/mol. The molecule has 0 unspecified atom stereocenters. The lowest BCUT2D eigenvalue weighted by atomic mass is 10.0. The molecule has 1 saturated heterocycles. The minimum absolute atomic E-state index is 0.180. The molecule has 114 valence electrons. The van der Waals surface area contributed by atoms with Gasteiger partial charge in [0.1, 0.15) is 12.2 Å². The van der Waals surface area contributed by atoms with Crippen molar-refractivity contribution in [2.45, 2.75) is 37.9 Å². The van der Waals surface area contributed by atoms with Crippen LogP contribution in [0.3, 0.4) is 0 Å². The summed E-state index contributed by atoms with van der Waals surface area (Å²) in [5.41, 5.74) is -3.06. The molecule has 1 aliphatic rings. The fraction of sp³-hybridized carbons (Fsp3) is 0.500. The molecule has 4 N–H and O–H groups in total. The highest BCUT2D eigenvalue weighted by molar-refractivity contribution is 5.51. The summed E-state index contributed by atoms with van der Waals surface area (Å²) in [6, 6.07) is 0. The SMILES string of the molecule is Cc1cn([C@]2(C)O[C@H](C(O)=C=O)[C@@H](O)[C@H]2O)c(=O)[nH]c1=O. The number of carbonyl (C=O) groups excluding carboxylic acids is 1. The molecule has 4 atom stereocenters. The molecular weight excluding hydrogens is 284 g/mol. The number of aliphatic hydroxyl groups excluding tert-OH is 3. The minimum atomic E-state index is -1.78. The average molecular weight is 298 g/mol. The first-order chi connectivity index (χ1) is 9.72. The van der Waals surface area contributed by atoms with Crippen molar-refractivity contribution in [3.05, 3.63) is 38.4 Å². The molecule has 9 heteroatoms. The van der Waals surface area contributed by atoms with Gasteiger partial charge in [-0.25, -0.2) is 9.59 Å². The molecule has 0 aromatic carbocycles. The van der Waals surface area contributed by atoms with E-state index in [4.69, 9.17) is 4.74 Å². The third kappa shape index (κ3) is 2.22. The summed E-state index contributed by atoms with van der Waals surface area (Å²) in [5.74, 6) is 0.232. The molecule has 1 fully saturated rings. The van der Waals surface area contributed by atoms with Gasteiger partial charge in [-0.1, -0.05) is 0 Å². The van der Waals surface area contributed by atoms with E-state index < -0.39 is 41.0 Å². The summed E-state index contributed by atoms with van der Waals surface area (Å²) >= 11 is 0. The van der Waals surface area contributed by atoms with Crippen molar-refractivity contribution in [1.29, 1.82) is 0 Å². The van der Waals surface area contributed by atoms with Crippen LogP contribution in [0.2, 0.25) is 0 Å². The van der Waals surface area contributed by atoms with Gasteiger partial charge in [0.05, 0.1) is 0 Å². The maximum atomic E-state index is 11.9. The highest BCUT2D eigenvalue weighted by Gasteiger charge is 2.54. The molecule has 0 bridgehead atoms. The van der Waals surface area contributed by atoms with Crippen LogP contribution in [0.1, 0.15) is 12.5 Å². The van der Waals surface area contributed by atoms with Gasteiger partial charge in [-0.05, 0) is 13.8 Å². The Labute approximate surface area is 117 Å². The number of ether oxygens (including phenoxy) is 1. The van der Waals surface area contributed by atoms with Crippen LogP contribution in [0.4, 0.5) is 0 Å². The Hall–Kier alpha value is -2.19. The van der Waals surface area contributed by atoms with Gasteiger partial charge in [-0.3, -0.25) is 14.3 Å². The second-order valence-electron chi connectivity index (χ2n) is 4.96. The van der Waals surface area contributed by atoms with Gasteiger partial charge in [0, 0.05) is 11.8 Å². The summed E-state index contributed by atoms with van der Waals surface area (Å²) in [4.78, 5) is 35.7. The number of aromatic nitrogens is 2. The molecule has 2 heterocycles. The normalized spacial score (nSPS) is 31.9. The highest BCUT2D eigenvalue weighted by atomic mass is 16.6. The number of aryl methyl sites for hydroxylation is 1. The monoisotopic (exact) mass is 298 g/mol. The van der Waals surface area contributed by atoms with E-state index in [-0.39, 0.29) is 5.56 Å². The van der Waals surface area contributed by atoms with E-state index in [2.05, 4.69) is 0 Å². The Morgan fingerprint density at radius 1 is 1.48 bits per heavy atom. The van der Waals surface area contributed by atoms with Crippen molar-refractivity contribution in [3.8, 4) is 0 Å². The maximum Gasteiger partial charge on any atom is 0.330 e. The summed E-state index contributed by atoms with van der Waals surface area (Å²) in [5, 5.41) is 29.3. The van der Waals surface area contributed by atoms with Crippen LogP contribution in [0, 0.1) is 6.92 Å². The van der Waals surface area contributed by atoms with Crippen molar-refractivity contribution >= 4 is 5.94 Å². The Balaban J connectivity index is 2.58. The van der Waals surface area contributed by atoms with E-state index in [0.717, 1.165) is 16.7 Å². The van der Waals surface area contributed by atoms with Crippen LogP contribution >= 0.6 is 0 Å². The molecule has 0 radical (unpaired) electrons. The highest BCUT2D eigenvalue weighted by Crippen LogP contribution is 2.36. The molecule has 9 nitrogen and oxygen atoms in total. The quantitative estimate of drug-likeness (QED) is 0.362. The van der Waals surface area contributed by atoms with Crippen molar-refractivity contribution < 1.29 is 24.9 Å². The Morgan fingerprint density at radius 3 is 2.67 bits per heavy atom. The fourth-order valence-corrected chi connectivity index (χ4v) is 2.25. The first kappa shape index (κ1) is 15.2. The summed E-state index contributed by atoms with van der Waals surface area (Å²) in [7, 11) is 0. The van der Waals surface area contributed by atoms with Gasteiger partial charge in [0.2, 0.25) is 5.76 Å². The second-order valence-corrected chi connectivity index (χ2v) is 4.96. The molecule has 1 aromatic rings. The van der Waals surface area contributed by atoms with Crippen LogP contribution in [-0.4, -0.2) is 49.1 Å². The van der Waals surface area contributed by atoms with Gasteiger partial charge in [0.15, 0.2) is 17.8 Å². The van der Waals surface area contributed by atoms with Crippen molar-refractivity contribution in [3.63, 3.8) is 0 Å². The summed E-state index contributed by atoms with van der Waals surface area (Å²) in [6.07, 6.45) is -3.64. The van der Waals surface area contributed by atoms with Gasteiger partial charge >= 0.3 is 5.69 Å². The smallest absolute Gasteiger partial charge is 0.330 e. The summed E-state index contributed by atoms with van der Waals surface area (Å²) in [6.45, 7) is 2.72. The largest absolute Gasteiger partial charge is 0.500 e. The lowest BCUT2D eigenvalue weighted by molar-refractivity contribution is -0.128. The van der Waals surface area contributed by atoms with Crippen molar-refractivity contribution in [1.82, 2.24) is 9.55 Å². The van der Waals surface area contributed by atoms with Gasteiger partial charge in [0.25, 0.3) is 5.56 Å². The van der Waals surface area contributed by atoms with Crippen LogP contribution in [-0.2, 0) is 15.3 Å². The van der Waals surface area contributed by atoms with Gasteiger partial charge < -0.3 is 20.1 Å². The van der Waals surface area contributed by atoms with E-state index in [9.17, 15) is 29.7 Å². The third-order valence-corrected chi connectivity index (χ3v) is 3.52. The Morgan fingerprint density at radius 2 is 2.10 bits per heavy atom. The zero-order valence-corrected chi connectivity index (χ0v) is 11.2. The molecule has 21 heavy (non-hydrogen) atoms. The van der Waals surface area contributed by atoms with E-state index in [0.29, 0.717) is 0 Å². The molecule has 0 saturated carbocycles. The first-order valence-electron chi connectivity index (χ1n) is 6.03. The molecular formula is C12H14N2O7. The number of aliphatic hydroxyl groups is 3. The van der Waals surface area contributed by atoms with E-state index in [1.807, 2.05) is 4.98 Å². The standard InChI is InChI=1S/C12H14N2O7/c1-5-3-14(11(20)13-10(5)19)12(2)9(18)7(17)8(21-12)6(16)4-15/h3,7-9,16-18H,1-2H3,(H,13,19,20)/t7-,8-,9-,12-/m1/s1. The average Bonchev–Trinajstić information content (AvgIpc) is 2.67. The van der Waals surface area contributed by atoms with E-state index >= 15 is 0 Å². The predicted octanol–water partition coefficient (Wildman–Crippen LogP) is -2.09. The number of nitrogens with zero attached hydrogens (tertiary/aromatic N) is 1. The lowest BCUT2D eigenvalue weighted by Gasteiger charge is -2.29. The molecule has 0 aliphatic carbocycles. The topological polar surface area (TPSA) is 142 Å². The van der Waals surface area contributed by atoms with E-state index in [1.165, 1.54) is 13.8 Å². The zero-order valence-electron chi connectivity index (χ0n) is 11.2. The molecule has 2 rings (SSSR count). The molecule has 1 aliphatic heterocycles. The van der Waals surface area contributed by atoms with E-state index in [1.54, 1.807) is 0 Å². The fourth-order valence-electron chi connectivity index (χ4n) is 2.25. The number of hydrogen-bond donors (Lipinski definition) is 4. The molecule has 0 spiro atoms.